The van der Waals surface area contributed by atoms with Crippen molar-refractivity contribution >= 4 is 17.6 Å². The van der Waals surface area contributed by atoms with Crippen LogP contribution in [0.25, 0.3) is 0 Å². The highest BCUT2D eigenvalue weighted by Crippen LogP contribution is 2.60. The zero-order valence-electron chi connectivity index (χ0n) is 18.3. The Kier molecular flexibility index (Phi) is 4.74. The zero-order valence-corrected chi connectivity index (χ0v) is 18.3. The maximum absolute atomic E-state index is 13.6. The summed E-state index contributed by atoms with van der Waals surface area (Å²) in [6.07, 6.45) is 8.67. The van der Waals surface area contributed by atoms with E-state index in [2.05, 4.69) is 15.3 Å². The van der Waals surface area contributed by atoms with Gasteiger partial charge in [0.25, 0.3) is 5.91 Å². The average Bonchev–Trinajstić information content (AvgIpc) is 2.79. The fourth-order valence-corrected chi connectivity index (χ4v) is 7.08. The van der Waals surface area contributed by atoms with Gasteiger partial charge < -0.3 is 10.2 Å². The van der Waals surface area contributed by atoms with Crippen LogP contribution in [-0.4, -0.2) is 33.2 Å². The Labute approximate surface area is 190 Å². The number of fused-ring (bicyclic) bond motifs is 1. The summed E-state index contributed by atoms with van der Waals surface area (Å²) in [5.74, 6) is 0.255. The van der Waals surface area contributed by atoms with Crippen LogP contribution in [0.2, 0.25) is 0 Å². The summed E-state index contributed by atoms with van der Waals surface area (Å²) in [6.45, 7) is 0.619. The van der Waals surface area contributed by atoms with Gasteiger partial charge in [-0.05, 0) is 80.9 Å². The molecule has 1 aromatic carbocycles. The number of carbonyl (C=O) groups excluding carboxylic acids is 2. The van der Waals surface area contributed by atoms with E-state index in [0.717, 1.165) is 37.0 Å². The number of carbonyl (C=O) groups is 2. The predicted molar refractivity (Wildman–Crippen MR) is 116 cm³/mol. The fraction of sp³-hybridized carbons (Fsp3) is 0.520. The van der Waals surface area contributed by atoms with Gasteiger partial charge in [0.05, 0.1) is 17.7 Å². The highest BCUT2D eigenvalue weighted by Gasteiger charge is 2.54. The van der Waals surface area contributed by atoms with E-state index >= 15 is 0 Å². The normalized spacial score (nSPS) is 29.6. The molecule has 0 saturated heterocycles. The SMILES string of the molecule is O=C(c1ccc(F)c(F)c1)N1CCc2c(ncnc2NC(=O)C23CC4CC(CC(C4)C2)C3)C1. The van der Waals surface area contributed by atoms with E-state index < -0.39 is 11.6 Å². The lowest BCUT2D eigenvalue weighted by Crippen LogP contribution is -2.52. The lowest BCUT2D eigenvalue weighted by molar-refractivity contribution is -0.140. The van der Waals surface area contributed by atoms with Gasteiger partial charge >= 0.3 is 0 Å². The van der Waals surface area contributed by atoms with E-state index in [1.807, 2.05) is 0 Å². The van der Waals surface area contributed by atoms with E-state index in [9.17, 15) is 18.4 Å². The van der Waals surface area contributed by atoms with Crippen molar-refractivity contribution in [2.24, 2.45) is 23.2 Å². The van der Waals surface area contributed by atoms with E-state index in [-0.39, 0.29) is 29.3 Å². The Balaban J connectivity index is 1.20. The highest BCUT2D eigenvalue weighted by molar-refractivity contribution is 5.96. The van der Waals surface area contributed by atoms with Crippen LogP contribution in [0.5, 0.6) is 0 Å². The number of benzene rings is 1. The molecule has 33 heavy (non-hydrogen) atoms. The molecule has 1 N–H and O–H groups in total. The van der Waals surface area contributed by atoms with Gasteiger partial charge in [-0.15, -0.1) is 0 Å². The Bertz CT molecular complexity index is 1120. The minimum atomic E-state index is -1.05. The van der Waals surface area contributed by atoms with Crippen LogP contribution >= 0.6 is 0 Å². The first-order valence-corrected chi connectivity index (χ1v) is 11.8. The number of nitrogens with one attached hydrogen (secondary N) is 1. The molecule has 4 fully saturated rings. The summed E-state index contributed by atoms with van der Waals surface area (Å²) in [5, 5.41) is 3.13. The predicted octanol–water partition coefficient (Wildman–Crippen LogP) is 4.11. The molecule has 1 aromatic heterocycles. The third-order valence-corrected chi connectivity index (χ3v) is 8.21. The third-order valence-electron chi connectivity index (χ3n) is 8.21. The smallest absolute Gasteiger partial charge is 0.254 e. The van der Waals surface area contributed by atoms with Crippen molar-refractivity contribution in [3.8, 4) is 0 Å². The molecule has 8 heteroatoms. The highest BCUT2D eigenvalue weighted by atomic mass is 19.2. The van der Waals surface area contributed by atoms with Crippen LogP contribution < -0.4 is 5.32 Å². The molecular weight excluding hydrogens is 426 g/mol. The van der Waals surface area contributed by atoms with Crippen LogP contribution in [0, 0.1) is 34.8 Å². The van der Waals surface area contributed by atoms with Crippen molar-refractivity contribution in [3.63, 3.8) is 0 Å². The van der Waals surface area contributed by atoms with E-state index in [1.165, 1.54) is 31.7 Å². The largest absolute Gasteiger partial charge is 0.332 e. The molecule has 2 heterocycles. The number of hydrogen-bond donors (Lipinski definition) is 1. The molecule has 0 atom stereocenters. The van der Waals surface area contributed by atoms with Crippen molar-refractivity contribution in [3.05, 3.63) is 53.0 Å². The lowest BCUT2D eigenvalue weighted by Gasteiger charge is -2.55. The Morgan fingerprint density at radius 2 is 1.70 bits per heavy atom. The summed E-state index contributed by atoms with van der Waals surface area (Å²) in [5.41, 5.74) is 1.36. The standard InChI is InChI=1S/C25H26F2N4O2/c26-19-2-1-17(8-20(19)27)23(32)31-4-3-18-21(12-31)28-13-29-22(18)30-24(33)25-9-14-5-15(10-25)7-16(6-14)11-25/h1-2,8,13-16H,3-7,9-12H2,(H,28,29,30,33). The Hall–Kier alpha value is -2.90. The Morgan fingerprint density at radius 1 is 1.00 bits per heavy atom. The van der Waals surface area contributed by atoms with Gasteiger partial charge in [0, 0.05) is 17.7 Å². The summed E-state index contributed by atoms with van der Waals surface area (Å²) < 4.78 is 26.8. The van der Waals surface area contributed by atoms with Gasteiger partial charge in [0.15, 0.2) is 11.6 Å². The molecule has 4 bridgehead atoms. The second-order valence-electron chi connectivity index (χ2n) is 10.4. The van der Waals surface area contributed by atoms with E-state index in [4.69, 9.17) is 0 Å². The fourth-order valence-electron chi connectivity index (χ4n) is 7.08. The van der Waals surface area contributed by atoms with Crippen molar-refractivity contribution < 1.29 is 18.4 Å². The summed E-state index contributed by atoms with van der Waals surface area (Å²) >= 11 is 0. The Morgan fingerprint density at radius 3 is 2.36 bits per heavy atom. The second kappa shape index (κ2) is 7.57. The number of halogens is 2. The molecule has 172 valence electrons. The average molecular weight is 453 g/mol. The van der Waals surface area contributed by atoms with Gasteiger partial charge in [0.1, 0.15) is 12.1 Å². The number of nitrogens with zero attached hydrogens (tertiary/aromatic N) is 3. The van der Waals surface area contributed by atoms with Crippen LogP contribution in [0.3, 0.4) is 0 Å². The molecule has 2 amide bonds. The van der Waals surface area contributed by atoms with Gasteiger partial charge in [-0.3, -0.25) is 9.59 Å². The van der Waals surface area contributed by atoms with Crippen molar-refractivity contribution in [2.75, 3.05) is 11.9 Å². The summed E-state index contributed by atoms with van der Waals surface area (Å²) in [4.78, 5) is 36.6. The maximum Gasteiger partial charge on any atom is 0.254 e. The molecule has 0 spiro atoms. The molecule has 4 saturated carbocycles. The quantitative estimate of drug-likeness (QED) is 0.761. The number of hydrogen-bond acceptors (Lipinski definition) is 4. The van der Waals surface area contributed by atoms with Crippen LogP contribution in [0.1, 0.15) is 60.1 Å². The van der Waals surface area contributed by atoms with E-state index in [1.54, 1.807) is 4.90 Å². The van der Waals surface area contributed by atoms with Crippen LogP contribution in [0.15, 0.2) is 24.5 Å². The van der Waals surface area contributed by atoms with Gasteiger partial charge in [0.2, 0.25) is 5.91 Å². The van der Waals surface area contributed by atoms with E-state index in [0.29, 0.717) is 42.2 Å². The first-order chi connectivity index (χ1) is 15.9. The summed E-state index contributed by atoms with van der Waals surface area (Å²) in [6, 6.07) is 3.17. The first-order valence-electron chi connectivity index (χ1n) is 11.8. The van der Waals surface area contributed by atoms with Gasteiger partial charge in [-0.1, -0.05) is 0 Å². The summed E-state index contributed by atoms with van der Waals surface area (Å²) in [7, 11) is 0. The molecule has 0 radical (unpaired) electrons. The second-order valence-corrected chi connectivity index (χ2v) is 10.4. The molecular formula is C25H26F2N4O2. The number of anilines is 1. The van der Waals surface area contributed by atoms with Crippen molar-refractivity contribution in [2.45, 2.75) is 51.5 Å². The molecule has 5 aliphatic rings. The van der Waals surface area contributed by atoms with Crippen molar-refractivity contribution in [1.82, 2.24) is 14.9 Å². The van der Waals surface area contributed by atoms with Gasteiger partial charge in [-0.2, -0.15) is 0 Å². The maximum atomic E-state index is 13.6. The molecule has 2 aromatic rings. The minimum Gasteiger partial charge on any atom is -0.332 e. The molecule has 6 nitrogen and oxygen atoms in total. The number of amides is 2. The molecule has 4 aliphatic carbocycles. The first kappa shape index (κ1) is 20.7. The molecule has 1 aliphatic heterocycles. The lowest BCUT2D eigenvalue weighted by atomic mass is 9.49. The number of aromatic nitrogens is 2. The van der Waals surface area contributed by atoms with Crippen LogP contribution in [-0.2, 0) is 17.8 Å². The molecule has 7 rings (SSSR count). The minimum absolute atomic E-state index is 0.0859. The van der Waals surface area contributed by atoms with Crippen molar-refractivity contribution in [1.29, 1.82) is 0 Å². The zero-order chi connectivity index (χ0) is 22.7. The third kappa shape index (κ3) is 3.50. The topological polar surface area (TPSA) is 75.2 Å². The van der Waals surface area contributed by atoms with Crippen LogP contribution in [0.4, 0.5) is 14.6 Å². The monoisotopic (exact) mass is 452 g/mol. The molecule has 0 unspecified atom stereocenters. The van der Waals surface area contributed by atoms with Gasteiger partial charge in [-0.25, -0.2) is 18.7 Å². The number of rotatable bonds is 3.